The maximum atomic E-state index is 13.2. The Morgan fingerprint density at radius 1 is 0.825 bits per heavy atom. The van der Waals surface area contributed by atoms with Gasteiger partial charge in [0.25, 0.3) is 5.91 Å². The number of benzene rings is 3. The van der Waals surface area contributed by atoms with Crippen molar-refractivity contribution in [2.24, 2.45) is 17.8 Å². The number of hydrogen-bond donors (Lipinski definition) is 1. The molecule has 3 aromatic carbocycles. The van der Waals surface area contributed by atoms with Gasteiger partial charge in [-0.25, -0.2) is 9.97 Å². The standard InChI is InChI=1S/C50H57ClN8O4/c1-50(2,39-25-34(29-52)26-40(51)28-39)38-3-6-43(7-4-38)63-32-41-11-18-53-49(54-41)58-21-12-33(13-22-58)30-56-19-14-35(15-20-56)36-16-23-57(24-17-36)42-5-8-44-37(27-42)31-59(48(44)62)45-9-10-46(60)55-47(45)61/h3-8,11,18,25-28,33,35-36,45H,9-10,12-17,19-24,30-32H2,1-2H3,(H,55,60,61). The van der Waals surface area contributed by atoms with Crippen LogP contribution in [0, 0.1) is 29.1 Å². The molecule has 0 saturated carbocycles. The number of carbonyl (C=O) groups excluding carboxylic acids is 3. The van der Waals surface area contributed by atoms with Gasteiger partial charge in [-0.2, -0.15) is 5.26 Å². The second kappa shape index (κ2) is 18.3. The smallest absolute Gasteiger partial charge is 0.255 e. The van der Waals surface area contributed by atoms with Gasteiger partial charge in [-0.3, -0.25) is 19.7 Å². The summed E-state index contributed by atoms with van der Waals surface area (Å²) in [6.07, 6.45) is 9.71. The van der Waals surface area contributed by atoms with Gasteiger partial charge in [0.05, 0.1) is 17.3 Å². The predicted octanol–water partition coefficient (Wildman–Crippen LogP) is 7.51. The number of hydrogen-bond acceptors (Lipinski definition) is 10. The van der Waals surface area contributed by atoms with E-state index in [0.29, 0.717) is 41.6 Å². The Kier molecular flexibility index (Phi) is 12.4. The van der Waals surface area contributed by atoms with Crippen LogP contribution >= 0.6 is 11.6 Å². The van der Waals surface area contributed by atoms with Crippen LogP contribution in [0.3, 0.4) is 0 Å². The highest BCUT2D eigenvalue weighted by Gasteiger charge is 2.40. The van der Waals surface area contributed by atoms with Gasteiger partial charge in [0.15, 0.2) is 0 Å². The molecule has 4 saturated heterocycles. The van der Waals surface area contributed by atoms with Gasteiger partial charge >= 0.3 is 0 Å². The molecule has 0 spiro atoms. The van der Waals surface area contributed by atoms with E-state index in [-0.39, 0.29) is 29.6 Å². The molecule has 1 N–H and O–H groups in total. The summed E-state index contributed by atoms with van der Waals surface area (Å²) >= 11 is 6.32. The number of piperidine rings is 4. The Labute approximate surface area is 375 Å². The molecule has 1 unspecified atom stereocenters. The third-order valence-corrected chi connectivity index (χ3v) is 14.8. The molecule has 63 heavy (non-hydrogen) atoms. The summed E-state index contributed by atoms with van der Waals surface area (Å²) in [5.41, 5.74) is 5.96. The Bertz CT molecular complexity index is 2380. The highest BCUT2D eigenvalue weighted by Crippen LogP contribution is 2.38. The summed E-state index contributed by atoms with van der Waals surface area (Å²) in [6, 6.07) is 23.3. The van der Waals surface area contributed by atoms with Crippen LogP contribution < -0.4 is 19.9 Å². The van der Waals surface area contributed by atoms with Crippen LogP contribution in [0.15, 0.2) is 72.9 Å². The van der Waals surface area contributed by atoms with E-state index >= 15 is 0 Å². The lowest BCUT2D eigenvalue weighted by molar-refractivity contribution is -0.136. The summed E-state index contributed by atoms with van der Waals surface area (Å²) in [5.74, 6) is 3.02. The molecule has 1 aromatic heterocycles. The zero-order valence-corrected chi connectivity index (χ0v) is 37.2. The van der Waals surface area contributed by atoms with E-state index in [4.69, 9.17) is 21.3 Å². The van der Waals surface area contributed by atoms with Crippen LogP contribution in [-0.2, 0) is 28.2 Å². The molecule has 13 heteroatoms. The average molecular weight is 870 g/mol. The number of aromatic nitrogens is 2. The van der Waals surface area contributed by atoms with Gasteiger partial charge in [-0.05, 0) is 147 Å². The lowest BCUT2D eigenvalue weighted by Gasteiger charge is -2.42. The van der Waals surface area contributed by atoms with Gasteiger partial charge in [-0.15, -0.1) is 0 Å². The average Bonchev–Trinajstić information content (AvgIpc) is 3.63. The van der Waals surface area contributed by atoms with Gasteiger partial charge in [0.1, 0.15) is 18.4 Å². The van der Waals surface area contributed by atoms with Gasteiger partial charge < -0.3 is 24.3 Å². The highest BCUT2D eigenvalue weighted by molar-refractivity contribution is 6.30. The number of carbonyl (C=O) groups is 3. The summed E-state index contributed by atoms with van der Waals surface area (Å²) in [6.45, 7) is 12.5. The molecular formula is C50H57ClN8O4. The molecule has 0 bridgehead atoms. The fourth-order valence-corrected chi connectivity index (χ4v) is 10.8. The first-order valence-electron chi connectivity index (χ1n) is 22.8. The number of nitriles is 1. The van der Waals surface area contributed by atoms with E-state index in [1.165, 1.54) is 45.3 Å². The molecule has 0 aliphatic carbocycles. The third-order valence-electron chi connectivity index (χ3n) is 14.5. The summed E-state index contributed by atoms with van der Waals surface area (Å²) in [5, 5.41) is 12.4. The zero-order valence-electron chi connectivity index (χ0n) is 36.4. The maximum absolute atomic E-state index is 13.2. The number of halogens is 1. The van der Waals surface area contributed by atoms with E-state index < -0.39 is 6.04 Å². The van der Waals surface area contributed by atoms with Crippen LogP contribution in [0.25, 0.3) is 0 Å². The van der Waals surface area contributed by atoms with Crippen molar-refractivity contribution in [3.63, 3.8) is 0 Å². The van der Waals surface area contributed by atoms with Crippen molar-refractivity contribution < 1.29 is 19.1 Å². The molecule has 5 aliphatic heterocycles. The third kappa shape index (κ3) is 9.41. The zero-order chi connectivity index (χ0) is 43.7. The number of imide groups is 1. The second-order valence-corrected chi connectivity index (χ2v) is 19.2. The first-order chi connectivity index (χ1) is 30.5. The molecular weight excluding hydrogens is 812 g/mol. The summed E-state index contributed by atoms with van der Waals surface area (Å²) < 4.78 is 6.17. The summed E-state index contributed by atoms with van der Waals surface area (Å²) in [4.78, 5) is 56.0. The number of ether oxygens (including phenoxy) is 1. The van der Waals surface area contributed by atoms with E-state index in [0.717, 1.165) is 90.6 Å². The van der Waals surface area contributed by atoms with Crippen molar-refractivity contribution in [1.82, 2.24) is 25.1 Å². The van der Waals surface area contributed by atoms with Crippen molar-refractivity contribution in [3.05, 3.63) is 111 Å². The normalized spacial score (nSPS) is 20.8. The lowest BCUT2D eigenvalue weighted by atomic mass is 9.78. The lowest BCUT2D eigenvalue weighted by Crippen LogP contribution is -2.52. The Hall–Kier alpha value is -5.51. The predicted molar refractivity (Wildman–Crippen MR) is 243 cm³/mol. The van der Waals surface area contributed by atoms with Gasteiger partial charge in [-0.1, -0.05) is 37.6 Å². The molecule has 0 radical (unpaired) electrons. The largest absolute Gasteiger partial charge is 0.487 e. The first kappa shape index (κ1) is 42.8. The topological polar surface area (TPSA) is 135 Å². The number of likely N-dealkylation sites (tertiary alicyclic amines) is 1. The highest BCUT2D eigenvalue weighted by atomic mass is 35.5. The van der Waals surface area contributed by atoms with Crippen LogP contribution in [0.2, 0.25) is 5.02 Å². The quantitative estimate of drug-likeness (QED) is 0.151. The Morgan fingerprint density at radius 2 is 1.54 bits per heavy atom. The Morgan fingerprint density at radius 3 is 2.25 bits per heavy atom. The molecule has 6 heterocycles. The molecule has 4 aromatic rings. The Balaban J connectivity index is 0.691. The minimum absolute atomic E-state index is 0.116. The minimum atomic E-state index is -0.584. The van der Waals surface area contributed by atoms with Crippen LogP contribution in [-0.4, -0.2) is 89.3 Å². The molecule has 328 valence electrons. The molecule has 12 nitrogen and oxygen atoms in total. The van der Waals surface area contributed by atoms with Crippen molar-refractivity contribution in [2.45, 2.75) is 89.8 Å². The number of amides is 3. The van der Waals surface area contributed by atoms with Gasteiger partial charge in [0.2, 0.25) is 17.8 Å². The molecule has 9 rings (SSSR count). The molecule has 3 amide bonds. The second-order valence-electron chi connectivity index (χ2n) is 18.8. The van der Waals surface area contributed by atoms with E-state index in [2.05, 4.69) is 69.2 Å². The van der Waals surface area contributed by atoms with E-state index in [1.807, 2.05) is 42.6 Å². The minimum Gasteiger partial charge on any atom is -0.487 e. The SMILES string of the molecule is CC(C)(c1ccc(OCc2ccnc(N3CCC(CN4CCC(C5CCN(c6ccc7c(c6)CN(C6CCC(=O)NC6=O)C7=O)CC5)CC4)CC3)n2)cc1)c1cc(Cl)cc(C#N)c1. The number of nitrogens with zero attached hydrogens (tertiary/aromatic N) is 7. The van der Waals surface area contributed by atoms with Crippen LogP contribution in [0.5, 0.6) is 5.75 Å². The maximum Gasteiger partial charge on any atom is 0.255 e. The molecule has 5 aliphatic rings. The number of anilines is 2. The molecule has 1 atom stereocenters. The van der Waals surface area contributed by atoms with Crippen molar-refractivity contribution in [1.29, 1.82) is 5.26 Å². The fraction of sp³-hybridized carbons (Fsp3) is 0.480. The van der Waals surface area contributed by atoms with Crippen molar-refractivity contribution in [3.8, 4) is 11.8 Å². The number of rotatable bonds is 11. The van der Waals surface area contributed by atoms with E-state index in [9.17, 15) is 19.6 Å². The number of nitrogens with one attached hydrogen (secondary N) is 1. The van der Waals surface area contributed by atoms with Gasteiger partial charge in [0, 0.05) is 73.6 Å². The first-order valence-corrected chi connectivity index (χ1v) is 23.1. The monoisotopic (exact) mass is 868 g/mol. The van der Waals surface area contributed by atoms with E-state index in [1.54, 1.807) is 11.0 Å². The van der Waals surface area contributed by atoms with Crippen molar-refractivity contribution >= 4 is 41.0 Å². The fourth-order valence-electron chi connectivity index (χ4n) is 10.6. The van der Waals surface area contributed by atoms with Crippen LogP contribution in [0.1, 0.15) is 104 Å². The number of fused-ring (bicyclic) bond motifs is 1. The summed E-state index contributed by atoms with van der Waals surface area (Å²) in [7, 11) is 0. The van der Waals surface area contributed by atoms with Crippen LogP contribution in [0.4, 0.5) is 11.6 Å². The van der Waals surface area contributed by atoms with Crippen molar-refractivity contribution in [2.75, 3.05) is 55.6 Å². The molecule has 4 fully saturated rings.